The maximum Gasteiger partial charge on any atom is 0.418 e. The van der Waals surface area contributed by atoms with Crippen LogP contribution in [-0.2, 0) is 11.0 Å². The lowest BCUT2D eigenvalue weighted by Crippen LogP contribution is -2.43. The Balaban J connectivity index is 2.42. The molecule has 1 aliphatic rings. The van der Waals surface area contributed by atoms with Crippen LogP contribution in [0.1, 0.15) is 11.1 Å². The van der Waals surface area contributed by atoms with Crippen LogP contribution in [0.3, 0.4) is 0 Å². The molecule has 0 saturated heterocycles. The second kappa shape index (κ2) is 6.92. The lowest BCUT2D eigenvalue weighted by atomic mass is 9.92. The lowest BCUT2D eigenvalue weighted by molar-refractivity contribution is -0.137. The number of halogens is 6. The molecule has 0 amide bonds. The first-order valence-corrected chi connectivity index (χ1v) is 9.08. The summed E-state index contributed by atoms with van der Waals surface area (Å²) in [6.07, 6.45) is -3.35. The molecule has 1 aromatic carbocycles. The Kier molecular flexibility index (Phi) is 5.13. The van der Waals surface area contributed by atoms with Crippen molar-refractivity contribution < 1.29 is 23.1 Å². The van der Waals surface area contributed by atoms with E-state index in [1.165, 1.54) is 12.3 Å². The second-order valence-electron chi connectivity index (χ2n) is 5.20. The highest BCUT2D eigenvalue weighted by Crippen LogP contribution is 2.50. The summed E-state index contributed by atoms with van der Waals surface area (Å²) in [7, 11) is 0. The topological polar surface area (TPSA) is 53.4 Å². The Hall–Kier alpha value is -1.48. The number of aliphatic hydroxyl groups is 1. The highest BCUT2D eigenvalue weighted by Gasteiger charge is 2.46. The number of hydrogen-bond donors (Lipinski definition) is 1. The van der Waals surface area contributed by atoms with Crippen molar-refractivity contribution in [3.63, 3.8) is 0 Å². The number of anilines is 2. The quantitative estimate of drug-likeness (QED) is 0.501. The largest absolute Gasteiger partial charge is 0.507 e. The number of benzene rings is 1. The highest BCUT2D eigenvalue weighted by atomic mass is 35.5. The van der Waals surface area contributed by atoms with Gasteiger partial charge in [-0.3, -0.25) is 4.79 Å². The van der Waals surface area contributed by atoms with Crippen molar-refractivity contribution in [3.05, 3.63) is 46.5 Å². The maximum atomic E-state index is 13.6. The van der Waals surface area contributed by atoms with Crippen LogP contribution in [0.15, 0.2) is 35.3 Å². The Morgan fingerprint density at radius 2 is 2.04 bits per heavy atom. The summed E-state index contributed by atoms with van der Waals surface area (Å²) in [5, 5.41) is 11.0. The Morgan fingerprint density at radius 3 is 2.54 bits per heavy atom. The Bertz CT molecular complexity index is 885. The molecule has 26 heavy (non-hydrogen) atoms. The first-order valence-electron chi connectivity index (χ1n) is 6.95. The van der Waals surface area contributed by atoms with Crippen molar-refractivity contribution in [1.82, 2.24) is 4.98 Å². The fourth-order valence-corrected chi connectivity index (χ4v) is 4.14. The molecule has 1 N–H and O–H groups in total. The molecular formula is C15H8Cl3F3N2O2S. The third-order valence-electron chi connectivity index (χ3n) is 3.74. The maximum absolute atomic E-state index is 13.6. The number of rotatable bonds is 3. The summed E-state index contributed by atoms with van der Waals surface area (Å²) >= 11 is 18.5. The number of hydrogen-bond acceptors (Lipinski definition) is 5. The predicted octanol–water partition coefficient (Wildman–Crippen LogP) is 5.52. The van der Waals surface area contributed by atoms with E-state index in [4.69, 9.17) is 34.8 Å². The average Bonchev–Trinajstić information content (AvgIpc) is 3.06. The van der Waals surface area contributed by atoms with Crippen LogP contribution in [-0.4, -0.2) is 26.2 Å². The van der Waals surface area contributed by atoms with Crippen molar-refractivity contribution in [3.8, 4) is 0 Å². The van der Waals surface area contributed by atoms with E-state index >= 15 is 0 Å². The zero-order chi connectivity index (χ0) is 19.2. The zero-order valence-electron chi connectivity index (χ0n) is 12.5. The molecule has 0 saturated carbocycles. The first-order chi connectivity index (χ1) is 12.1. The SMILES string of the molecule is O=C(Cl)C1=C(O)c2cccc(C(F)(F)F)c2N(c2nccs2)C1C(Cl)Cl. The number of aromatic nitrogens is 1. The molecule has 0 spiro atoms. The molecule has 3 rings (SSSR count). The van der Waals surface area contributed by atoms with Crippen LogP contribution >= 0.6 is 46.1 Å². The van der Waals surface area contributed by atoms with E-state index in [0.717, 1.165) is 28.4 Å². The van der Waals surface area contributed by atoms with E-state index < -0.39 is 44.9 Å². The van der Waals surface area contributed by atoms with Gasteiger partial charge in [0.1, 0.15) is 16.6 Å². The molecule has 138 valence electrons. The number of alkyl halides is 5. The van der Waals surface area contributed by atoms with Crippen LogP contribution < -0.4 is 4.90 Å². The molecule has 0 fully saturated rings. The number of carbonyl (C=O) groups is 1. The van der Waals surface area contributed by atoms with Crippen LogP contribution in [0, 0.1) is 0 Å². The summed E-state index contributed by atoms with van der Waals surface area (Å²) in [5.41, 5.74) is -2.05. The number of thiazole rings is 1. The number of aliphatic hydroxyl groups excluding tert-OH is 1. The van der Waals surface area contributed by atoms with Crippen molar-refractivity contribution in [2.75, 3.05) is 4.90 Å². The summed E-state index contributed by atoms with van der Waals surface area (Å²) in [4.78, 5) is 15.6. The third kappa shape index (κ3) is 3.15. The molecule has 0 aliphatic carbocycles. The standard InChI is InChI=1S/C15H8Cl3F3N2O2S/c16-12(17)10-8(13(18)25)11(24)6-2-1-3-7(15(19,20)21)9(6)23(10)14-22-4-5-26-14/h1-5,10,12,24H. The molecular weight excluding hydrogens is 436 g/mol. The number of carbonyl (C=O) groups excluding carboxylic acids is 1. The van der Waals surface area contributed by atoms with Gasteiger partial charge in [-0.15, -0.1) is 34.5 Å². The van der Waals surface area contributed by atoms with Gasteiger partial charge in [-0.05, 0) is 23.7 Å². The highest BCUT2D eigenvalue weighted by molar-refractivity contribution is 7.13. The fourth-order valence-electron chi connectivity index (χ4n) is 2.77. The van der Waals surface area contributed by atoms with Gasteiger partial charge in [0.05, 0.1) is 16.8 Å². The minimum atomic E-state index is -4.73. The minimum absolute atomic E-state index is 0.113. The molecule has 1 atom stereocenters. The van der Waals surface area contributed by atoms with Crippen LogP contribution in [0.4, 0.5) is 24.0 Å². The number of fused-ring (bicyclic) bond motifs is 1. The summed E-state index contributed by atoms with van der Waals surface area (Å²) in [5.74, 6) is -0.699. The van der Waals surface area contributed by atoms with Gasteiger partial charge in [-0.25, -0.2) is 4.98 Å². The third-order valence-corrected chi connectivity index (χ3v) is 5.19. The van der Waals surface area contributed by atoms with Gasteiger partial charge < -0.3 is 10.0 Å². The number of para-hydroxylation sites is 1. The monoisotopic (exact) mass is 442 g/mol. The summed E-state index contributed by atoms with van der Waals surface area (Å²) < 4.78 is 40.8. The molecule has 2 aromatic rings. The smallest absolute Gasteiger partial charge is 0.418 e. The van der Waals surface area contributed by atoms with Gasteiger partial charge in [-0.1, -0.05) is 6.07 Å². The molecule has 1 aromatic heterocycles. The van der Waals surface area contributed by atoms with Gasteiger partial charge >= 0.3 is 6.18 Å². The molecule has 0 radical (unpaired) electrons. The van der Waals surface area contributed by atoms with E-state index in [0.29, 0.717) is 0 Å². The molecule has 2 heterocycles. The van der Waals surface area contributed by atoms with E-state index in [1.807, 2.05) is 0 Å². The van der Waals surface area contributed by atoms with E-state index in [-0.39, 0.29) is 10.7 Å². The normalized spacial score (nSPS) is 17.7. The first kappa shape index (κ1) is 19.3. The Morgan fingerprint density at radius 1 is 1.35 bits per heavy atom. The van der Waals surface area contributed by atoms with Crippen molar-refractivity contribution >= 4 is 68.0 Å². The van der Waals surface area contributed by atoms with Gasteiger partial charge in [-0.2, -0.15) is 13.2 Å². The molecule has 11 heteroatoms. The van der Waals surface area contributed by atoms with Gasteiger partial charge in [0.15, 0.2) is 5.13 Å². The molecule has 0 bridgehead atoms. The van der Waals surface area contributed by atoms with Crippen LogP contribution in [0.5, 0.6) is 0 Å². The Labute approximate surface area is 164 Å². The van der Waals surface area contributed by atoms with E-state index in [2.05, 4.69) is 4.98 Å². The summed E-state index contributed by atoms with van der Waals surface area (Å²) in [6, 6.07) is 1.86. The fraction of sp³-hybridized carbons (Fsp3) is 0.200. The molecule has 4 nitrogen and oxygen atoms in total. The van der Waals surface area contributed by atoms with Crippen molar-refractivity contribution in [1.29, 1.82) is 0 Å². The van der Waals surface area contributed by atoms with E-state index in [9.17, 15) is 23.1 Å². The predicted molar refractivity (Wildman–Crippen MR) is 95.4 cm³/mol. The van der Waals surface area contributed by atoms with Gasteiger partial charge in [0.25, 0.3) is 5.24 Å². The molecule has 1 aliphatic heterocycles. The summed E-state index contributed by atoms with van der Waals surface area (Å²) in [6.45, 7) is 0. The van der Waals surface area contributed by atoms with Gasteiger partial charge in [0, 0.05) is 17.1 Å². The van der Waals surface area contributed by atoms with Crippen LogP contribution in [0.25, 0.3) is 5.76 Å². The number of nitrogens with zero attached hydrogens (tertiary/aromatic N) is 2. The van der Waals surface area contributed by atoms with Crippen LogP contribution in [0.2, 0.25) is 0 Å². The van der Waals surface area contributed by atoms with Crippen molar-refractivity contribution in [2.24, 2.45) is 0 Å². The van der Waals surface area contributed by atoms with Gasteiger partial charge in [0.2, 0.25) is 0 Å². The minimum Gasteiger partial charge on any atom is -0.507 e. The average molecular weight is 444 g/mol. The van der Waals surface area contributed by atoms with E-state index in [1.54, 1.807) is 5.38 Å². The lowest BCUT2D eigenvalue weighted by Gasteiger charge is -2.39. The second-order valence-corrected chi connectivity index (χ2v) is 7.58. The molecule has 1 unspecified atom stereocenters. The van der Waals surface area contributed by atoms with Crippen molar-refractivity contribution in [2.45, 2.75) is 17.1 Å². The zero-order valence-corrected chi connectivity index (χ0v) is 15.6.